The molecule has 1 aliphatic rings. The Labute approximate surface area is 152 Å². The highest BCUT2D eigenvalue weighted by Crippen LogP contribution is 2.39. The van der Waals surface area contributed by atoms with Crippen LogP contribution < -0.4 is 0 Å². The fourth-order valence-corrected chi connectivity index (χ4v) is 3.15. The van der Waals surface area contributed by atoms with Gasteiger partial charge >= 0.3 is 0 Å². The highest BCUT2D eigenvalue weighted by Gasteiger charge is 2.45. The van der Waals surface area contributed by atoms with Crippen LogP contribution in [-0.4, -0.2) is 42.0 Å². The highest BCUT2D eigenvalue weighted by molar-refractivity contribution is 6.46. The number of hydrogen-bond donors (Lipinski definition) is 1. The number of rotatable bonds is 5. The van der Waals surface area contributed by atoms with E-state index in [0.717, 1.165) is 11.1 Å². The van der Waals surface area contributed by atoms with Crippen LogP contribution >= 0.6 is 0 Å². The van der Waals surface area contributed by atoms with Gasteiger partial charge in [-0.1, -0.05) is 60.2 Å². The van der Waals surface area contributed by atoms with Crippen molar-refractivity contribution in [1.82, 2.24) is 4.90 Å². The number of methoxy groups -OCH3 is 1. The van der Waals surface area contributed by atoms with E-state index in [1.54, 1.807) is 19.2 Å². The number of hydrogen-bond acceptors (Lipinski definition) is 4. The Morgan fingerprint density at radius 2 is 1.73 bits per heavy atom. The Balaban J connectivity index is 2.14. The van der Waals surface area contributed by atoms with Gasteiger partial charge in [-0.2, -0.15) is 0 Å². The number of benzene rings is 2. The number of aryl methyl sites for hydroxylation is 1. The van der Waals surface area contributed by atoms with Crippen molar-refractivity contribution in [1.29, 1.82) is 0 Å². The molecule has 1 amide bonds. The summed E-state index contributed by atoms with van der Waals surface area (Å²) in [6.07, 6.45) is 0. The lowest BCUT2D eigenvalue weighted by atomic mass is 9.95. The quantitative estimate of drug-likeness (QED) is 0.511. The molecule has 1 unspecified atom stereocenters. The fourth-order valence-electron chi connectivity index (χ4n) is 3.15. The third kappa shape index (κ3) is 3.26. The number of carbonyl (C=O) groups is 2. The van der Waals surface area contributed by atoms with Crippen molar-refractivity contribution >= 4 is 17.4 Å². The van der Waals surface area contributed by atoms with Crippen molar-refractivity contribution < 1.29 is 19.4 Å². The molecule has 2 aromatic rings. The van der Waals surface area contributed by atoms with Crippen molar-refractivity contribution in [3.8, 4) is 0 Å². The van der Waals surface area contributed by atoms with Gasteiger partial charge in [-0.05, 0) is 12.5 Å². The first-order valence-electron chi connectivity index (χ1n) is 8.44. The van der Waals surface area contributed by atoms with E-state index < -0.39 is 17.7 Å². The average molecular weight is 351 g/mol. The summed E-state index contributed by atoms with van der Waals surface area (Å²) in [5, 5.41) is 10.8. The maximum absolute atomic E-state index is 12.7. The van der Waals surface area contributed by atoms with Crippen molar-refractivity contribution in [2.45, 2.75) is 13.0 Å². The monoisotopic (exact) mass is 351 g/mol. The molecular formula is C21H21NO4. The number of nitrogens with zero attached hydrogens (tertiary/aromatic N) is 1. The third-order valence-electron chi connectivity index (χ3n) is 4.52. The van der Waals surface area contributed by atoms with E-state index >= 15 is 0 Å². The summed E-state index contributed by atoms with van der Waals surface area (Å²) >= 11 is 0. The molecule has 0 aliphatic carbocycles. The fraction of sp³-hybridized carbons (Fsp3) is 0.238. The van der Waals surface area contributed by atoms with Crippen LogP contribution in [0.25, 0.3) is 5.76 Å². The van der Waals surface area contributed by atoms with Crippen LogP contribution in [0.5, 0.6) is 0 Å². The summed E-state index contributed by atoms with van der Waals surface area (Å²) < 4.78 is 5.08. The smallest absolute Gasteiger partial charge is 0.295 e. The summed E-state index contributed by atoms with van der Waals surface area (Å²) in [6.45, 7) is 2.52. The lowest BCUT2D eigenvalue weighted by Crippen LogP contribution is -2.32. The van der Waals surface area contributed by atoms with Gasteiger partial charge in [0.1, 0.15) is 5.76 Å². The minimum absolute atomic E-state index is 0.112. The van der Waals surface area contributed by atoms with E-state index in [0.29, 0.717) is 12.2 Å². The third-order valence-corrected chi connectivity index (χ3v) is 4.52. The van der Waals surface area contributed by atoms with Gasteiger partial charge in [-0.25, -0.2) is 0 Å². The molecule has 1 heterocycles. The van der Waals surface area contributed by atoms with Crippen LogP contribution in [0, 0.1) is 6.92 Å². The number of ketones is 1. The lowest BCUT2D eigenvalue weighted by Gasteiger charge is -2.25. The molecular weight excluding hydrogens is 330 g/mol. The maximum Gasteiger partial charge on any atom is 0.295 e. The van der Waals surface area contributed by atoms with Gasteiger partial charge < -0.3 is 14.7 Å². The number of amides is 1. The van der Waals surface area contributed by atoms with Crippen molar-refractivity contribution in [2.24, 2.45) is 0 Å². The molecule has 0 spiro atoms. The van der Waals surface area contributed by atoms with Gasteiger partial charge in [0, 0.05) is 19.2 Å². The van der Waals surface area contributed by atoms with E-state index in [4.69, 9.17) is 4.74 Å². The van der Waals surface area contributed by atoms with Crippen LogP contribution in [-0.2, 0) is 14.3 Å². The molecule has 5 heteroatoms. The molecule has 5 nitrogen and oxygen atoms in total. The second-order valence-corrected chi connectivity index (χ2v) is 6.26. The predicted octanol–water partition coefficient (Wildman–Crippen LogP) is 3.06. The number of Topliss-reactive ketones (excluding diaryl/α,β-unsaturated/α-hetero) is 1. The summed E-state index contributed by atoms with van der Waals surface area (Å²) in [6, 6.07) is 15.8. The second kappa shape index (κ2) is 7.54. The SMILES string of the molecule is COCCN1C(=O)C(=O)/C(=C(/O)c2ccc(C)cc2)C1c1ccccc1. The maximum atomic E-state index is 12.7. The number of likely N-dealkylation sites (tertiary alicyclic amines) is 1. The van der Waals surface area contributed by atoms with Gasteiger partial charge in [-0.3, -0.25) is 9.59 Å². The number of carbonyl (C=O) groups excluding carboxylic acids is 2. The van der Waals surface area contributed by atoms with Gasteiger partial charge in [0.05, 0.1) is 18.2 Å². The Hall–Kier alpha value is -2.92. The summed E-state index contributed by atoms with van der Waals surface area (Å²) in [7, 11) is 1.54. The molecule has 0 aromatic heterocycles. The highest BCUT2D eigenvalue weighted by atomic mass is 16.5. The zero-order valence-corrected chi connectivity index (χ0v) is 14.8. The molecule has 1 atom stereocenters. The van der Waals surface area contributed by atoms with Gasteiger partial charge in [0.2, 0.25) is 0 Å². The molecule has 2 aromatic carbocycles. The molecule has 134 valence electrons. The van der Waals surface area contributed by atoms with Gasteiger partial charge in [0.25, 0.3) is 11.7 Å². The first kappa shape index (κ1) is 17.9. The number of aliphatic hydroxyl groups excluding tert-OH is 1. The molecule has 3 rings (SSSR count). The Morgan fingerprint density at radius 3 is 2.35 bits per heavy atom. The summed E-state index contributed by atoms with van der Waals surface area (Å²) in [5.41, 5.74) is 2.44. The second-order valence-electron chi connectivity index (χ2n) is 6.26. The standard InChI is InChI=1S/C21H21NO4/c1-14-8-10-16(11-9-14)19(23)17-18(15-6-4-3-5-7-15)22(12-13-26-2)21(25)20(17)24/h3-11,18,23H,12-13H2,1-2H3/b19-17+. The zero-order chi connectivity index (χ0) is 18.7. The lowest BCUT2D eigenvalue weighted by molar-refractivity contribution is -0.140. The van der Waals surface area contributed by atoms with Crippen molar-refractivity contribution in [3.05, 3.63) is 76.9 Å². The summed E-state index contributed by atoms with van der Waals surface area (Å²) in [4.78, 5) is 26.7. The Bertz CT molecular complexity index is 840. The minimum atomic E-state index is -0.673. The van der Waals surface area contributed by atoms with Crippen LogP contribution in [0.1, 0.15) is 22.7 Å². The van der Waals surface area contributed by atoms with E-state index in [-0.39, 0.29) is 17.9 Å². The van der Waals surface area contributed by atoms with E-state index in [2.05, 4.69) is 0 Å². The molecule has 1 aliphatic heterocycles. The van der Waals surface area contributed by atoms with Crippen LogP contribution in [0.15, 0.2) is 60.2 Å². The Kier molecular flexibility index (Phi) is 5.19. The molecule has 1 fully saturated rings. The number of aliphatic hydroxyl groups is 1. The van der Waals surface area contributed by atoms with Crippen LogP contribution in [0.3, 0.4) is 0 Å². The van der Waals surface area contributed by atoms with E-state index in [1.165, 1.54) is 4.90 Å². The molecule has 0 bridgehead atoms. The Morgan fingerprint density at radius 1 is 1.08 bits per heavy atom. The van der Waals surface area contributed by atoms with Crippen LogP contribution in [0.4, 0.5) is 0 Å². The predicted molar refractivity (Wildman–Crippen MR) is 98.5 cm³/mol. The normalized spacial score (nSPS) is 19.2. The first-order valence-corrected chi connectivity index (χ1v) is 8.44. The minimum Gasteiger partial charge on any atom is -0.507 e. The van der Waals surface area contributed by atoms with E-state index in [9.17, 15) is 14.7 Å². The van der Waals surface area contributed by atoms with Crippen molar-refractivity contribution in [2.75, 3.05) is 20.3 Å². The average Bonchev–Trinajstić information content (AvgIpc) is 2.91. The van der Waals surface area contributed by atoms with Crippen LogP contribution in [0.2, 0.25) is 0 Å². The largest absolute Gasteiger partial charge is 0.507 e. The van der Waals surface area contributed by atoms with E-state index in [1.807, 2.05) is 49.4 Å². The molecule has 1 N–H and O–H groups in total. The van der Waals surface area contributed by atoms with Crippen molar-refractivity contribution in [3.63, 3.8) is 0 Å². The molecule has 26 heavy (non-hydrogen) atoms. The van der Waals surface area contributed by atoms with Gasteiger partial charge in [0.15, 0.2) is 0 Å². The number of ether oxygens (including phenoxy) is 1. The summed E-state index contributed by atoms with van der Waals surface area (Å²) in [5.74, 6) is -1.45. The zero-order valence-electron chi connectivity index (χ0n) is 14.8. The van der Waals surface area contributed by atoms with Gasteiger partial charge in [-0.15, -0.1) is 0 Å². The molecule has 0 radical (unpaired) electrons. The molecule has 1 saturated heterocycles. The first-order chi connectivity index (χ1) is 12.5. The topological polar surface area (TPSA) is 66.8 Å². The molecule has 0 saturated carbocycles.